The van der Waals surface area contributed by atoms with E-state index in [2.05, 4.69) is 47.9 Å². The van der Waals surface area contributed by atoms with Gasteiger partial charge in [0.25, 0.3) is 5.69 Å². The van der Waals surface area contributed by atoms with Gasteiger partial charge < -0.3 is 9.64 Å². The molecule has 0 fully saturated rings. The average Bonchev–Trinajstić information content (AvgIpc) is 3.07. The predicted molar refractivity (Wildman–Crippen MR) is 140 cm³/mol. The van der Waals surface area contributed by atoms with E-state index in [1.807, 2.05) is 36.4 Å². The Hall–Kier alpha value is -4.52. The summed E-state index contributed by atoms with van der Waals surface area (Å²) in [5, 5.41) is 11.3. The quantitative estimate of drug-likeness (QED) is 0.257. The second-order valence-corrected chi connectivity index (χ2v) is 9.65. The normalized spacial score (nSPS) is 19.0. The molecular weight excluding hydrogens is 452 g/mol. The summed E-state index contributed by atoms with van der Waals surface area (Å²) in [4.78, 5) is 21.5. The van der Waals surface area contributed by atoms with Crippen LogP contribution in [0.2, 0.25) is 0 Å². The molecule has 2 aliphatic rings. The van der Waals surface area contributed by atoms with E-state index in [-0.39, 0.29) is 10.6 Å². The van der Waals surface area contributed by atoms with Crippen LogP contribution in [0.1, 0.15) is 25.0 Å². The van der Waals surface area contributed by atoms with Gasteiger partial charge in [-0.3, -0.25) is 20.1 Å². The summed E-state index contributed by atoms with van der Waals surface area (Å²) in [5.74, 6) is 0.617. The van der Waals surface area contributed by atoms with E-state index >= 15 is 0 Å². The summed E-state index contributed by atoms with van der Waals surface area (Å²) in [6.45, 7) is 4.38. The number of nitro groups is 1. The number of hydrogen-bond acceptors (Lipinski definition) is 6. The lowest BCUT2D eigenvalue weighted by Gasteiger charge is -2.46. The fourth-order valence-corrected chi connectivity index (χ4v) is 5.67. The molecule has 1 spiro atoms. The number of pyridine rings is 2. The van der Waals surface area contributed by atoms with Crippen molar-refractivity contribution in [3.8, 4) is 28.0 Å². The highest BCUT2D eigenvalue weighted by atomic mass is 16.6. The van der Waals surface area contributed by atoms with Crippen LogP contribution < -0.4 is 9.64 Å². The number of ether oxygens (including phenoxy) is 1. The maximum atomic E-state index is 11.3. The monoisotopic (exact) mass is 476 g/mol. The second-order valence-electron chi connectivity index (χ2n) is 9.65. The fourth-order valence-electron chi connectivity index (χ4n) is 5.67. The van der Waals surface area contributed by atoms with Crippen molar-refractivity contribution in [2.45, 2.75) is 25.0 Å². The third-order valence-corrected chi connectivity index (χ3v) is 7.47. The fraction of sp³-hybridized carbons (Fsp3) is 0.172. The van der Waals surface area contributed by atoms with Gasteiger partial charge in [0.05, 0.1) is 16.0 Å². The van der Waals surface area contributed by atoms with Crippen LogP contribution >= 0.6 is 0 Å². The molecule has 0 amide bonds. The van der Waals surface area contributed by atoms with E-state index < -0.39 is 11.1 Å². The molecule has 6 rings (SSSR count). The van der Waals surface area contributed by atoms with E-state index in [1.165, 1.54) is 11.6 Å². The van der Waals surface area contributed by atoms with Crippen molar-refractivity contribution in [2.75, 3.05) is 11.9 Å². The minimum atomic E-state index is -0.844. The topological polar surface area (TPSA) is 81.4 Å². The summed E-state index contributed by atoms with van der Waals surface area (Å²) in [7, 11) is 2.05. The van der Waals surface area contributed by atoms with Gasteiger partial charge >= 0.3 is 0 Å². The van der Waals surface area contributed by atoms with E-state index in [4.69, 9.17) is 4.74 Å². The molecule has 0 saturated carbocycles. The predicted octanol–water partition coefficient (Wildman–Crippen LogP) is 6.25. The van der Waals surface area contributed by atoms with Crippen molar-refractivity contribution < 1.29 is 9.66 Å². The molecule has 178 valence electrons. The third-order valence-electron chi connectivity index (χ3n) is 7.47. The lowest BCUT2D eigenvalue weighted by atomic mass is 9.73. The largest absolute Gasteiger partial charge is 0.463 e. The molecule has 7 nitrogen and oxygen atoms in total. The Morgan fingerprint density at radius 3 is 2.14 bits per heavy atom. The highest BCUT2D eigenvalue weighted by Gasteiger charge is 2.59. The summed E-state index contributed by atoms with van der Waals surface area (Å²) >= 11 is 0. The first-order valence-electron chi connectivity index (χ1n) is 11.7. The number of hydrogen-bond donors (Lipinski definition) is 0. The van der Waals surface area contributed by atoms with Crippen molar-refractivity contribution in [1.82, 2.24) is 9.97 Å². The van der Waals surface area contributed by atoms with Gasteiger partial charge in [-0.15, -0.1) is 0 Å². The maximum Gasteiger partial charge on any atom is 0.270 e. The highest BCUT2D eigenvalue weighted by molar-refractivity contribution is 5.92. The number of aromatic nitrogens is 2. The molecule has 4 heterocycles. The third kappa shape index (κ3) is 2.99. The van der Waals surface area contributed by atoms with E-state index in [9.17, 15) is 10.1 Å². The van der Waals surface area contributed by atoms with Crippen LogP contribution in [0.5, 0.6) is 5.75 Å². The van der Waals surface area contributed by atoms with Gasteiger partial charge in [-0.05, 0) is 78.6 Å². The summed E-state index contributed by atoms with van der Waals surface area (Å²) in [6.07, 6.45) is 11.2. The Morgan fingerprint density at radius 1 is 0.889 bits per heavy atom. The molecule has 2 aromatic carbocycles. The molecule has 2 aromatic heterocycles. The van der Waals surface area contributed by atoms with Crippen LogP contribution in [-0.4, -0.2) is 27.7 Å². The van der Waals surface area contributed by atoms with Gasteiger partial charge in [0.1, 0.15) is 5.75 Å². The molecule has 36 heavy (non-hydrogen) atoms. The molecule has 4 aromatic rings. The maximum absolute atomic E-state index is 11.3. The van der Waals surface area contributed by atoms with Crippen LogP contribution in [0, 0.1) is 10.1 Å². The van der Waals surface area contributed by atoms with Gasteiger partial charge in [0.15, 0.2) is 0 Å². The van der Waals surface area contributed by atoms with E-state index in [0.717, 1.165) is 27.9 Å². The Balaban J connectivity index is 1.59. The Kier molecular flexibility index (Phi) is 4.73. The number of non-ortho nitro benzene ring substituents is 1. The molecule has 0 saturated heterocycles. The number of rotatable bonds is 3. The molecule has 2 aliphatic heterocycles. The first-order chi connectivity index (χ1) is 17.3. The van der Waals surface area contributed by atoms with Crippen LogP contribution in [0.15, 0.2) is 85.5 Å². The molecule has 1 atom stereocenters. The van der Waals surface area contributed by atoms with Crippen LogP contribution in [0.3, 0.4) is 0 Å². The Labute approximate surface area is 208 Å². The van der Waals surface area contributed by atoms with Crippen molar-refractivity contribution in [1.29, 1.82) is 0 Å². The number of likely N-dealkylation sites (N-methyl/N-ethyl adjacent to an activating group) is 1. The second kappa shape index (κ2) is 7.75. The van der Waals surface area contributed by atoms with Gasteiger partial charge in [-0.1, -0.05) is 12.1 Å². The standard InChI is InChI=1S/C29H24N4O3/c1-28(2)26-23(19-9-14-30-15-10-19)5-6-24(20-11-16-31-17-12-20)27(26)32(3)29(28)13-8-21-18-22(33(34)35)4-7-25(21)36-29/h4-18H,1-3H3. The Bertz CT molecular complexity index is 1530. The van der Waals surface area contributed by atoms with Gasteiger partial charge in [0, 0.05) is 55.1 Å². The zero-order valence-electron chi connectivity index (χ0n) is 20.2. The molecule has 0 radical (unpaired) electrons. The molecular formula is C29H24N4O3. The first kappa shape index (κ1) is 22.0. The van der Waals surface area contributed by atoms with Crippen molar-refractivity contribution >= 4 is 17.5 Å². The number of nitro benzene ring substituents is 1. The highest BCUT2D eigenvalue weighted by Crippen LogP contribution is 2.59. The Morgan fingerprint density at radius 2 is 1.50 bits per heavy atom. The van der Waals surface area contributed by atoms with Crippen LogP contribution in [-0.2, 0) is 5.41 Å². The summed E-state index contributed by atoms with van der Waals surface area (Å²) < 4.78 is 6.80. The van der Waals surface area contributed by atoms with Crippen molar-refractivity contribution in [2.24, 2.45) is 0 Å². The van der Waals surface area contributed by atoms with Crippen LogP contribution in [0.4, 0.5) is 11.4 Å². The van der Waals surface area contributed by atoms with Gasteiger partial charge in [0.2, 0.25) is 5.72 Å². The minimum Gasteiger partial charge on any atom is -0.463 e. The molecule has 0 aliphatic carbocycles. The first-order valence-corrected chi connectivity index (χ1v) is 11.7. The zero-order chi connectivity index (χ0) is 25.1. The molecule has 0 N–H and O–H groups in total. The van der Waals surface area contributed by atoms with Crippen molar-refractivity contribution in [3.05, 3.63) is 107 Å². The van der Waals surface area contributed by atoms with Crippen LogP contribution in [0.25, 0.3) is 28.3 Å². The lowest BCUT2D eigenvalue weighted by Crippen LogP contribution is -2.58. The molecule has 7 heteroatoms. The smallest absolute Gasteiger partial charge is 0.270 e. The molecule has 0 bridgehead atoms. The summed E-state index contributed by atoms with van der Waals surface area (Å²) in [5.41, 5.74) is 6.00. The minimum absolute atomic E-state index is 0.0419. The van der Waals surface area contributed by atoms with Gasteiger partial charge in [-0.2, -0.15) is 0 Å². The molecule has 1 unspecified atom stereocenters. The number of fused-ring (bicyclic) bond motifs is 2. The number of benzene rings is 2. The van der Waals surface area contributed by atoms with Gasteiger partial charge in [-0.25, -0.2) is 0 Å². The summed E-state index contributed by atoms with van der Waals surface area (Å²) in [6, 6.07) is 17.1. The SMILES string of the molecule is CN1c2c(-c3ccncc3)ccc(-c3ccncc3)c2C(C)(C)C12C=Cc1cc([N+](=O)[O-])ccc1O2. The zero-order valence-corrected chi connectivity index (χ0v) is 20.2. The van der Waals surface area contributed by atoms with Crippen molar-refractivity contribution in [3.63, 3.8) is 0 Å². The van der Waals surface area contributed by atoms with E-state index in [1.54, 1.807) is 36.9 Å². The van der Waals surface area contributed by atoms with E-state index in [0.29, 0.717) is 11.3 Å². The average molecular weight is 477 g/mol. The number of nitrogens with zero attached hydrogens (tertiary/aromatic N) is 4. The number of anilines is 1. The lowest BCUT2D eigenvalue weighted by molar-refractivity contribution is -0.384.